The van der Waals surface area contributed by atoms with Crippen LogP contribution in [0.15, 0.2) is 221 Å². The molecule has 0 bridgehead atoms. The van der Waals surface area contributed by atoms with E-state index in [0.717, 1.165) is 47.8 Å². The lowest BCUT2D eigenvalue weighted by Crippen LogP contribution is -2.31. The smallest absolute Gasteiger partial charge is 0.143 e. The average Bonchev–Trinajstić information content (AvgIpc) is 4.00. The predicted molar refractivity (Wildman–Crippen MR) is 296 cm³/mol. The molecule has 346 valence electrons. The largest absolute Gasteiger partial charge is 0.455 e. The number of fused-ring (bicyclic) bond motifs is 11. The van der Waals surface area contributed by atoms with Gasteiger partial charge < -0.3 is 4.42 Å². The summed E-state index contributed by atoms with van der Waals surface area (Å²) < 4.78 is 6.38. The van der Waals surface area contributed by atoms with E-state index in [1.54, 1.807) is 16.7 Å². The van der Waals surface area contributed by atoms with Crippen LogP contribution in [0.25, 0.3) is 44.2 Å². The fourth-order valence-corrected chi connectivity index (χ4v) is 13.5. The normalized spacial score (nSPS) is 23.0. The van der Waals surface area contributed by atoms with Gasteiger partial charge in [0.1, 0.15) is 11.2 Å². The Hall–Kier alpha value is -6.96. The fourth-order valence-electron chi connectivity index (χ4n) is 13.5. The molecule has 4 unspecified atom stereocenters. The zero-order chi connectivity index (χ0) is 47.6. The second-order valence-corrected chi connectivity index (χ2v) is 21.5. The lowest BCUT2D eigenvalue weighted by molar-refractivity contribution is 0.525. The molecule has 0 saturated carbocycles. The van der Waals surface area contributed by atoms with Crippen molar-refractivity contribution >= 4 is 33.1 Å². The second kappa shape index (κ2) is 17.8. The molecule has 0 amide bonds. The molecule has 1 nitrogen and oxygen atoms in total. The molecule has 0 spiro atoms. The van der Waals surface area contributed by atoms with Crippen LogP contribution in [0, 0.1) is 12.8 Å². The average molecular weight is 909 g/mol. The Morgan fingerprint density at radius 3 is 2.20 bits per heavy atom. The second-order valence-electron chi connectivity index (χ2n) is 21.5. The molecule has 4 atom stereocenters. The van der Waals surface area contributed by atoms with E-state index in [1.165, 1.54) is 103 Å². The van der Waals surface area contributed by atoms with Gasteiger partial charge in [-0.05, 0) is 143 Å². The Bertz CT molecular complexity index is 3470. The molecule has 1 aromatic heterocycles. The van der Waals surface area contributed by atoms with Gasteiger partial charge >= 0.3 is 0 Å². The topological polar surface area (TPSA) is 13.1 Å². The van der Waals surface area contributed by atoms with E-state index in [-0.39, 0.29) is 10.8 Å². The number of benzene rings is 6. The minimum atomic E-state index is -0.231. The number of allylic oxidation sites excluding steroid dienone is 16. The van der Waals surface area contributed by atoms with Gasteiger partial charge in [-0.25, -0.2) is 0 Å². The quantitative estimate of drug-likeness (QED) is 0.172. The number of hydrogen-bond acceptors (Lipinski definition) is 1. The molecule has 1 heterocycles. The summed E-state index contributed by atoms with van der Waals surface area (Å²) in [4.78, 5) is 0. The third-order valence-corrected chi connectivity index (χ3v) is 16.9. The van der Waals surface area contributed by atoms with Gasteiger partial charge in [0, 0.05) is 27.7 Å². The van der Waals surface area contributed by atoms with Crippen LogP contribution in [0.5, 0.6) is 0 Å². The zero-order valence-electron chi connectivity index (χ0n) is 41.6. The summed E-state index contributed by atoms with van der Waals surface area (Å²) in [5.41, 5.74) is 25.1. The third kappa shape index (κ3) is 7.26. The molecule has 7 aliphatic rings. The Morgan fingerprint density at radius 2 is 1.34 bits per heavy atom. The highest BCUT2D eigenvalue weighted by Crippen LogP contribution is 2.61. The molecule has 70 heavy (non-hydrogen) atoms. The molecule has 0 N–H and O–H groups in total. The van der Waals surface area contributed by atoms with Crippen LogP contribution in [-0.2, 0) is 10.8 Å². The number of furan rings is 1. The summed E-state index contributed by atoms with van der Waals surface area (Å²) in [6, 6.07) is 49.1. The number of rotatable bonds is 3. The van der Waals surface area contributed by atoms with Crippen LogP contribution >= 0.6 is 0 Å². The van der Waals surface area contributed by atoms with Gasteiger partial charge in [0.2, 0.25) is 0 Å². The molecule has 14 rings (SSSR count). The molecule has 0 fully saturated rings. The van der Waals surface area contributed by atoms with Crippen LogP contribution in [0.4, 0.5) is 0 Å². The first kappa shape index (κ1) is 44.3. The van der Waals surface area contributed by atoms with E-state index in [0.29, 0.717) is 5.92 Å². The monoisotopic (exact) mass is 908 g/mol. The summed E-state index contributed by atoms with van der Waals surface area (Å²) in [6.07, 6.45) is 31.4. The van der Waals surface area contributed by atoms with E-state index >= 15 is 0 Å². The molecule has 7 aliphatic carbocycles. The molecule has 0 radical (unpaired) electrons. The predicted octanol–water partition coefficient (Wildman–Crippen LogP) is 18.7. The first-order valence-corrected chi connectivity index (χ1v) is 26.0. The maximum atomic E-state index is 6.38. The minimum Gasteiger partial charge on any atom is -0.455 e. The van der Waals surface area contributed by atoms with Crippen molar-refractivity contribution in [3.8, 4) is 11.1 Å². The van der Waals surface area contributed by atoms with E-state index in [1.807, 2.05) is 6.07 Å². The summed E-state index contributed by atoms with van der Waals surface area (Å²) in [6.45, 7) is 11.5. The highest BCUT2D eigenvalue weighted by molar-refractivity contribution is 6.09. The maximum absolute atomic E-state index is 6.38. The summed E-state index contributed by atoms with van der Waals surface area (Å²) in [5, 5.41) is 2.34. The van der Waals surface area contributed by atoms with Crippen LogP contribution in [0.2, 0.25) is 0 Å². The van der Waals surface area contributed by atoms with E-state index in [4.69, 9.17) is 4.42 Å². The standard InChI is InChI=1S/C38H30O.C16H18.C15H16/c1-25-18-23-31-30-12-5-7-16-34(30)38(35(31)24-25,27-10-3-2-4-11-27)28-21-19-26(20-22-28)29-14-9-15-33-32-13-6-8-17-36(32)39-37(29)33;1-11-8-9-13-12-6-4-5-7-14(12)16(2,3)15(13)10-11;1-11-10-12-6-2-3-8-14(12)15-9-5-4-7-13(11)15/h2-3,5-10,13-24,30H,4,11-12H2,1H3;4-7,10H,8-9H2,1-3H3;2-5,7-9,11-12H,6,10H2,1H3. The van der Waals surface area contributed by atoms with Crippen molar-refractivity contribution in [3.05, 3.63) is 261 Å². The van der Waals surface area contributed by atoms with Crippen LogP contribution in [0.3, 0.4) is 0 Å². The Balaban J connectivity index is 0.000000132. The minimum absolute atomic E-state index is 0.202. The maximum Gasteiger partial charge on any atom is 0.143 e. The molecular formula is C69H64O. The van der Waals surface area contributed by atoms with E-state index in [2.05, 4.69) is 223 Å². The van der Waals surface area contributed by atoms with Crippen LogP contribution in [-0.4, -0.2) is 0 Å². The fraction of sp³-hybridized carbons (Fsp3) is 0.246. The molecule has 6 aromatic carbocycles. The van der Waals surface area contributed by atoms with Gasteiger partial charge in [-0.3, -0.25) is 0 Å². The van der Waals surface area contributed by atoms with Gasteiger partial charge in [-0.2, -0.15) is 0 Å². The molecule has 1 heteroatoms. The third-order valence-electron chi connectivity index (χ3n) is 16.9. The van der Waals surface area contributed by atoms with Crippen molar-refractivity contribution in [3.63, 3.8) is 0 Å². The molecule has 0 saturated heterocycles. The van der Waals surface area contributed by atoms with Crippen LogP contribution < -0.4 is 0 Å². The van der Waals surface area contributed by atoms with Crippen LogP contribution in [0.1, 0.15) is 129 Å². The summed E-state index contributed by atoms with van der Waals surface area (Å²) in [7, 11) is 0. The van der Waals surface area contributed by atoms with Crippen molar-refractivity contribution in [2.45, 2.75) is 102 Å². The van der Waals surface area contributed by atoms with Gasteiger partial charge in [-0.15, -0.1) is 0 Å². The molecule has 7 aromatic rings. The first-order valence-electron chi connectivity index (χ1n) is 26.0. The van der Waals surface area contributed by atoms with Gasteiger partial charge in [0.25, 0.3) is 0 Å². The number of aryl methyl sites for hydroxylation is 1. The van der Waals surface area contributed by atoms with Crippen molar-refractivity contribution in [1.82, 2.24) is 0 Å². The van der Waals surface area contributed by atoms with Gasteiger partial charge in [0.05, 0.1) is 5.41 Å². The van der Waals surface area contributed by atoms with Crippen molar-refractivity contribution in [2.75, 3.05) is 0 Å². The SMILES string of the molecule is CC1=CC2=C(CC1)c1ccccc1C2(C)C.CC1CC2CC=CC=C2c2ccccc21.Cc1ccc2c(c1)C(C1=CC=CCC1)(c1ccc(-c3cccc4c3oc3ccccc34)cc1)C1=CC=CCC12. The lowest BCUT2D eigenvalue weighted by atomic mass is 9.64. The Kier molecular flexibility index (Phi) is 11.2. The van der Waals surface area contributed by atoms with Crippen molar-refractivity contribution in [2.24, 2.45) is 5.92 Å². The Labute approximate surface area is 415 Å². The Morgan fingerprint density at radius 1 is 0.600 bits per heavy atom. The van der Waals surface area contributed by atoms with E-state index < -0.39 is 0 Å². The first-order chi connectivity index (χ1) is 34.2. The summed E-state index contributed by atoms with van der Waals surface area (Å²) >= 11 is 0. The number of hydrogen-bond donors (Lipinski definition) is 0. The summed E-state index contributed by atoms with van der Waals surface area (Å²) in [5.74, 6) is 1.91. The van der Waals surface area contributed by atoms with Crippen molar-refractivity contribution in [1.29, 1.82) is 0 Å². The van der Waals surface area contributed by atoms with Crippen molar-refractivity contribution < 1.29 is 4.42 Å². The molecule has 0 aliphatic heterocycles. The van der Waals surface area contributed by atoms with Gasteiger partial charge in [0.15, 0.2) is 0 Å². The molecular weight excluding hydrogens is 845 g/mol. The zero-order valence-corrected chi connectivity index (χ0v) is 41.6. The lowest BCUT2D eigenvalue weighted by Gasteiger charge is -2.38. The number of para-hydroxylation sites is 2. The highest BCUT2D eigenvalue weighted by Gasteiger charge is 2.51. The highest BCUT2D eigenvalue weighted by atomic mass is 16.3. The van der Waals surface area contributed by atoms with Gasteiger partial charge in [-0.1, -0.05) is 226 Å². The van der Waals surface area contributed by atoms with E-state index in [9.17, 15) is 0 Å².